The van der Waals surface area contributed by atoms with Gasteiger partial charge in [-0.25, -0.2) is 0 Å². The summed E-state index contributed by atoms with van der Waals surface area (Å²) in [5, 5.41) is 12.4. The monoisotopic (exact) mass is 463 g/mol. The van der Waals surface area contributed by atoms with Crippen LogP contribution in [0.2, 0.25) is 0 Å². The first-order valence-corrected chi connectivity index (χ1v) is 13.1. The fourth-order valence-electron chi connectivity index (χ4n) is 6.21. The van der Waals surface area contributed by atoms with Gasteiger partial charge in [-0.3, -0.25) is 9.88 Å². The van der Waals surface area contributed by atoms with Crippen molar-refractivity contribution in [2.45, 2.75) is 69.4 Å². The maximum Gasteiger partial charge on any atom is 0.149 e. The highest BCUT2D eigenvalue weighted by molar-refractivity contribution is 5.68. The molecular weight excluding hydrogens is 426 g/mol. The lowest BCUT2D eigenvalue weighted by molar-refractivity contribution is -0.150. The van der Waals surface area contributed by atoms with E-state index in [4.69, 9.17) is 9.47 Å². The van der Waals surface area contributed by atoms with Crippen LogP contribution in [0.5, 0.6) is 0 Å². The largest absolute Gasteiger partial charge is 0.376 e. The van der Waals surface area contributed by atoms with Crippen LogP contribution >= 0.6 is 0 Å². The van der Waals surface area contributed by atoms with Gasteiger partial charge in [0, 0.05) is 48.9 Å². The van der Waals surface area contributed by atoms with Gasteiger partial charge in [0.15, 0.2) is 0 Å². The molecule has 0 bridgehead atoms. The molecule has 2 aromatic heterocycles. The number of hydrogen-bond acceptors (Lipinski definition) is 7. The summed E-state index contributed by atoms with van der Waals surface area (Å²) in [4.78, 5) is 7.27. The Balaban J connectivity index is 1.05. The molecule has 2 saturated carbocycles. The van der Waals surface area contributed by atoms with Crippen molar-refractivity contribution in [2.75, 3.05) is 44.8 Å². The molecule has 2 aromatic rings. The Morgan fingerprint density at radius 1 is 1.15 bits per heavy atom. The minimum atomic E-state index is -0.0509. The molecule has 0 radical (unpaired) electrons. The molecule has 4 fully saturated rings. The third kappa shape index (κ3) is 4.83. The molecule has 7 heteroatoms. The van der Waals surface area contributed by atoms with Gasteiger partial charge in [-0.1, -0.05) is 13.0 Å². The first-order chi connectivity index (χ1) is 16.6. The Morgan fingerprint density at radius 3 is 2.82 bits per heavy atom. The van der Waals surface area contributed by atoms with Crippen molar-refractivity contribution in [1.29, 1.82) is 0 Å². The Bertz CT molecular complexity index is 996. The third-order valence-corrected chi connectivity index (χ3v) is 8.31. The summed E-state index contributed by atoms with van der Waals surface area (Å²) in [7, 11) is 0. The zero-order valence-corrected chi connectivity index (χ0v) is 20.3. The quantitative estimate of drug-likeness (QED) is 0.686. The third-order valence-electron chi connectivity index (χ3n) is 8.31. The highest BCUT2D eigenvalue weighted by atomic mass is 16.6. The lowest BCUT2D eigenvalue weighted by Crippen LogP contribution is -2.47. The van der Waals surface area contributed by atoms with Crippen molar-refractivity contribution in [3.63, 3.8) is 0 Å². The second kappa shape index (κ2) is 9.17. The van der Waals surface area contributed by atoms with E-state index in [9.17, 15) is 0 Å². The Hall–Kier alpha value is -2.09. The molecule has 0 amide bonds. The molecular formula is C27H37N5O2. The molecule has 4 aliphatic rings. The van der Waals surface area contributed by atoms with Crippen LogP contribution in [0, 0.1) is 5.41 Å². The molecule has 0 aromatic carbocycles. The first kappa shape index (κ1) is 22.4. The van der Waals surface area contributed by atoms with Gasteiger partial charge < -0.3 is 14.8 Å². The van der Waals surface area contributed by atoms with E-state index < -0.39 is 0 Å². The van der Waals surface area contributed by atoms with Gasteiger partial charge in [-0.05, 0) is 62.5 Å². The molecule has 2 aliphatic carbocycles. The highest BCUT2D eigenvalue weighted by Gasteiger charge is 2.43. The maximum atomic E-state index is 6.13. The van der Waals surface area contributed by atoms with E-state index in [0.717, 1.165) is 57.3 Å². The van der Waals surface area contributed by atoms with Crippen LogP contribution in [0.3, 0.4) is 0 Å². The summed E-state index contributed by atoms with van der Waals surface area (Å²) < 4.78 is 11.9. The molecule has 2 aliphatic heterocycles. The number of hydrogen-bond donors (Lipinski definition) is 1. The van der Waals surface area contributed by atoms with Crippen molar-refractivity contribution < 1.29 is 9.47 Å². The van der Waals surface area contributed by atoms with E-state index in [0.29, 0.717) is 17.4 Å². The average molecular weight is 464 g/mol. The number of ether oxygens (including phenoxy) is 2. The van der Waals surface area contributed by atoms with E-state index >= 15 is 0 Å². The number of pyridine rings is 1. The molecule has 4 heterocycles. The van der Waals surface area contributed by atoms with E-state index in [1.165, 1.54) is 49.8 Å². The Labute approximate surface area is 202 Å². The Morgan fingerprint density at radius 2 is 2.03 bits per heavy atom. The van der Waals surface area contributed by atoms with Crippen molar-refractivity contribution >= 4 is 5.82 Å². The summed E-state index contributed by atoms with van der Waals surface area (Å²) in [5.74, 6) is 1.49. The normalized spacial score (nSPS) is 32.2. The summed E-state index contributed by atoms with van der Waals surface area (Å²) >= 11 is 0. The molecule has 2 saturated heterocycles. The second-order valence-corrected chi connectivity index (χ2v) is 11.3. The van der Waals surface area contributed by atoms with Gasteiger partial charge in [-0.2, -0.15) is 5.10 Å². The average Bonchev–Trinajstić information content (AvgIpc) is 3.65. The van der Waals surface area contributed by atoms with Crippen LogP contribution < -0.4 is 5.32 Å². The van der Waals surface area contributed by atoms with Crippen LogP contribution in [-0.4, -0.2) is 71.2 Å². The SMILES string of the molecule is CC1(CN2CCC3(COCCO3)C2)CCC(Nc2cc(-c3cccnc3C3CC3)cnn2)CC1. The van der Waals surface area contributed by atoms with Gasteiger partial charge >= 0.3 is 0 Å². The predicted octanol–water partition coefficient (Wildman–Crippen LogP) is 4.27. The number of nitrogens with zero attached hydrogens (tertiary/aromatic N) is 4. The molecule has 1 atom stereocenters. The van der Waals surface area contributed by atoms with Crippen LogP contribution in [-0.2, 0) is 9.47 Å². The summed E-state index contributed by atoms with van der Waals surface area (Å²) in [6, 6.07) is 6.79. The molecule has 1 N–H and O–H groups in total. The van der Waals surface area contributed by atoms with Crippen LogP contribution in [0.4, 0.5) is 5.82 Å². The summed E-state index contributed by atoms with van der Waals surface area (Å²) in [6.45, 7) is 8.01. The van der Waals surface area contributed by atoms with E-state index in [-0.39, 0.29) is 5.60 Å². The predicted molar refractivity (Wildman–Crippen MR) is 132 cm³/mol. The van der Waals surface area contributed by atoms with Gasteiger partial charge in [0.1, 0.15) is 11.4 Å². The fourth-order valence-corrected chi connectivity index (χ4v) is 6.21. The topological polar surface area (TPSA) is 72.4 Å². The van der Waals surface area contributed by atoms with Crippen molar-refractivity contribution in [3.8, 4) is 11.1 Å². The standard InChI is InChI=1S/C27H37N5O2/c1-26(17-32-12-10-27(18-32)19-33-13-14-34-27)8-6-22(7-9-26)30-24-15-21(16-29-31-24)23-3-2-11-28-25(23)20-4-5-20/h2-3,11,15-16,20,22H,4-10,12-14,17-19H2,1H3,(H,30,31). The zero-order valence-electron chi connectivity index (χ0n) is 20.3. The number of nitrogens with one attached hydrogen (secondary N) is 1. The number of likely N-dealkylation sites (tertiary alicyclic amines) is 1. The molecule has 34 heavy (non-hydrogen) atoms. The minimum Gasteiger partial charge on any atom is -0.376 e. The molecule has 1 spiro atoms. The molecule has 7 nitrogen and oxygen atoms in total. The maximum absolute atomic E-state index is 6.13. The molecule has 6 rings (SSSR count). The van der Waals surface area contributed by atoms with Gasteiger partial charge in [0.05, 0.1) is 31.7 Å². The van der Waals surface area contributed by atoms with E-state index in [1.54, 1.807) is 0 Å². The smallest absolute Gasteiger partial charge is 0.149 e. The van der Waals surface area contributed by atoms with Crippen LogP contribution in [0.25, 0.3) is 11.1 Å². The van der Waals surface area contributed by atoms with Crippen LogP contribution in [0.15, 0.2) is 30.6 Å². The fraction of sp³-hybridized carbons (Fsp3) is 0.667. The Kier molecular flexibility index (Phi) is 6.04. The molecule has 1 unspecified atom stereocenters. The summed E-state index contributed by atoms with van der Waals surface area (Å²) in [5.41, 5.74) is 3.84. The van der Waals surface area contributed by atoms with Gasteiger partial charge in [0.25, 0.3) is 0 Å². The van der Waals surface area contributed by atoms with Crippen molar-refractivity contribution in [3.05, 3.63) is 36.3 Å². The summed E-state index contributed by atoms with van der Waals surface area (Å²) in [6.07, 6.45) is 12.2. The number of anilines is 1. The first-order valence-electron chi connectivity index (χ1n) is 13.1. The van der Waals surface area contributed by atoms with Crippen molar-refractivity contribution in [1.82, 2.24) is 20.1 Å². The van der Waals surface area contributed by atoms with Gasteiger partial charge in [-0.15, -0.1) is 5.10 Å². The lowest BCUT2D eigenvalue weighted by atomic mass is 9.73. The van der Waals surface area contributed by atoms with Crippen molar-refractivity contribution in [2.24, 2.45) is 5.41 Å². The van der Waals surface area contributed by atoms with E-state index in [2.05, 4.69) is 44.5 Å². The second-order valence-electron chi connectivity index (χ2n) is 11.3. The lowest BCUT2D eigenvalue weighted by Gasteiger charge is -2.41. The number of rotatable bonds is 6. The highest BCUT2D eigenvalue weighted by Crippen LogP contribution is 2.43. The minimum absolute atomic E-state index is 0.0509. The van der Waals surface area contributed by atoms with E-state index in [1.807, 2.05) is 18.5 Å². The molecule has 182 valence electrons. The van der Waals surface area contributed by atoms with Gasteiger partial charge in [0.2, 0.25) is 0 Å². The van der Waals surface area contributed by atoms with Crippen LogP contribution in [0.1, 0.15) is 63.5 Å². The zero-order chi connectivity index (χ0) is 23.0. The number of aromatic nitrogens is 3.